The molecule has 2 saturated carbocycles. The molecule has 3 unspecified atom stereocenters. The molecule has 6 heteroatoms. The van der Waals surface area contributed by atoms with E-state index in [9.17, 15) is 15.0 Å². The van der Waals surface area contributed by atoms with Crippen molar-refractivity contribution in [3.8, 4) is 0 Å². The van der Waals surface area contributed by atoms with E-state index in [2.05, 4.69) is 5.16 Å². The summed E-state index contributed by atoms with van der Waals surface area (Å²) in [5.74, 6) is -0.281. The molecule has 2 rings (SSSR count). The average Bonchev–Trinajstić information content (AvgIpc) is 2.71. The largest absolute Gasteiger partial charge is 0.481 e. The fraction of sp³-hybridized carbons (Fsp3) is 0.750. The van der Waals surface area contributed by atoms with Gasteiger partial charge in [-0.3, -0.25) is 4.79 Å². The van der Waals surface area contributed by atoms with Crippen molar-refractivity contribution in [1.29, 1.82) is 0 Å². The normalized spacial score (nSPS) is 33.7. The van der Waals surface area contributed by atoms with Crippen LogP contribution in [0, 0.1) is 17.8 Å². The van der Waals surface area contributed by atoms with Crippen LogP contribution in [-0.4, -0.2) is 45.8 Å². The van der Waals surface area contributed by atoms with Gasteiger partial charge in [0.15, 0.2) is 0 Å². The van der Waals surface area contributed by atoms with Crippen LogP contribution in [-0.2, 0) is 9.63 Å². The van der Waals surface area contributed by atoms with Crippen molar-refractivity contribution < 1.29 is 25.0 Å². The van der Waals surface area contributed by atoms with Gasteiger partial charge in [-0.25, -0.2) is 0 Å². The van der Waals surface area contributed by atoms with Crippen molar-refractivity contribution in [2.24, 2.45) is 22.9 Å². The molecule has 22 heavy (non-hydrogen) atoms. The molecule has 0 aromatic heterocycles. The third-order valence-electron chi connectivity index (χ3n) is 4.60. The molecule has 0 amide bonds. The summed E-state index contributed by atoms with van der Waals surface area (Å²) in [6, 6.07) is 0. The number of carbonyl (C=O) groups is 1. The molecule has 0 aromatic carbocycles. The van der Waals surface area contributed by atoms with Crippen LogP contribution in [0.4, 0.5) is 0 Å². The van der Waals surface area contributed by atoms with Gasteiger partial charge in [-0.2, -0.15) is 0 Å². The second-order valence-electron chi connectivity index (χ2n) is 6.14. The first-order valence-corrected chi connectivity index (χ1v) is 7.97. The molecule has 0 heterocycles. The molecule has 2 aliphatic rings. The van der Waals surface area contributed by atoms with E-state index in [0.29, 0.717) is 19.4 Å². The smallest absolute Gasteiger partial charge is 0.303 e. The van der Waals surface area contributed by atoms with Crippen LogP contribution in [0.25, 0.3) is 0 Å². The predicted molar refractivity (Wildman–Crippen MR) is 81.4 cm³/mol. The van der Waals surface area contributed by atoms with Crippen molar-refractivity contribution in [2.45, 2.75) is 51.2 Å². The number of aliphatic carboxylic acids is 1. The minimum absolute atomic E-state index is 0.0657. The van der Waals surface area contributed by atoms with Crippen LogP contribution < -0.4 is 0 Å². The molecule has 0 radical (unpaired) electrons. The fourth-order valence-corrected chi connectivity index (χ4v) is 3.16. The number of hydrogen-bond donors (Lipinski definition) is 3. The van der Waals surface area contributed by atoms with Crippen LogP contribution >= 0.6 is 0 Å². The zero-order valence-electron chi connectivity index (χ0n) is 12.9. The predicted octanol–water partition coefficient (Wildman–Crippen LogP) is 1.57. The highest BCUT2D eigenvalue weighted by molar-refractivity contribution is 5.93. The van der Waals surface area contributed by atoms with Crippen LogP contribution in [0.15, 0.2) is 17.3 Å². The van der Waals surface area contributed by atoms with Crippen molar-refractivity contribution in [3.63, 3.8) is 0 Å². The quantitative estimate of drug-likeness (QED) is 0.359. The Morgan fingerprint density at radius 3 is 3.00 bits per heavy atom. The number of fused-ring (bicyclic) bond motifs is 1. The van der Waals surface area contributed by atoms with Gasteiger partial charge in [0.2, 0.25) is 0 Å². The van der Waals surface area contributed by atoms with Gasteiger partial charge in [-0.15, -0.1) is 0 Å². The second kappa shape index (κ2) is 7.74. The minimum atomic E-state index is -0.831. The fourth-order valence-electron chi connectivity index (χ4n) is 3.16. The molecular weight excluding hydrogens is 286 g/mol. The standard InChI is InChI=1S/C16H25NO5/c1-2-11(18)6-5-10-8-12-13(16(10)21)9-14(12)17-22-7-3-4-15(19)20/h5-6,10-13,16,18,21H,2-4,7-9H2,1H3,(H,19,20)/t10?,11?,12-,13+,16?/m0/s1. The van der Waals surface area contributed by atoms with E-state index in [0.717, 1.165) is 18.6 Å². The van der Waals surface area contributed by atoms with Crippen LogP contribution in [0.3, 0.4) is 0 Å². The Morgan fingerprint density at radius 1 is 1.55 bits per heavy atom. The topological polar surface area (TPSA) is 99.4 Å². The Hall–Kier alpha value is -1.40. The van der Waals surface area contributed by atoms with Gasteiger partial charge in [0, 0.05) is 18.3 Å². The van der Waals surface area contributed by atoms with E-state index in [-0.39, 0.29) is 30.3 Å². The molecule has 0 aliphatic heterocycles. The first-order valence-electron chi connectivity index (χ1n) is 7.97. The summed E-state index contributed by atoms with van der Waals surface area (Å²) >= 11 is 0. The molecule has 0 spiro atoms. The number of aliphatic hydroxyl groups is 2. The molecule has 2 fully saturated rings. The van der Waals surface area contributed by atoms with Crippen molar-refractivity contribution in [1.82, 2.24) is 0 Å². The maximum absolute atomic E-state index is 10.4. The van der Waals surface area contributed by atoms with Gasteiger partial charge >= 0.3 is 5.97 Å². The number of carboxylic acid groups (broad SMARTS) is 1. The maximum Gasteiger partial charge on any atom is 0.303 e. The highest BCUT2D eigenvalue weighted by Crippen LogP contribution is 2.48. The van der Waals surface area contributed by atoms with Gasteiger partial charge in [-0.05, 0) is 31.6 Å². The lowest BCUT2D eigenvalue weighted by molar-refractivity contribution is -0.137. The van der Waals surface area contributed by atoms with Gasteiger partial charge in [-0.1, -0.05) is 24.2 Å². The van der Waals surface area contributed by atoms with Gasteiger partial charge in [0.25, 0.3) is 0 Å². The van der Waals surface area contributed by atoms with Crippen molar-refractivity contribution >= 4 is 11.7 Å². The molecular formula is C16H25NO5. The number of oxime groups is 1. The Morgan fingerprint density at radius 2 is 2.32 bits per heavy atom. The van der Waals surface area contributed by atoms with Crippen LogP contribution in [0.2, 0.25) is 0 Å². The molecule has 0 aromatic rings. The Labute approximate surface area is 130 Å². The maximum atomic E-state index is 10.4. The summed E-state index contributed by atoms with van der Waals surface area (Å²) in [5, 5.41) is 32.4. The third-order valence-corrected chi connectivity index (χ3v) is 4.60. The number of nitrogens with zero attached hydrogens (tertiary/aromatic N) is 1. The molecule has 3 N–H and O–H groups in total. The molecule has 124 valence electrons. The first-order chi connectivity index (χ1) is 10.5. The van der Waals surface area contributed by atoms with E-state index in [1.165, 1.54) is 0 Å². The Bertz CT molecular complexity index is 448. The zero-order chi connectivity index (χ0) is 16.1. The Kier molecular flexibility index (Phi) is 5.97. The summed E-state index contributed by atoms with van der Waals surface area (Å²) in [6.45, 7) is 2.22. The lowest BCUT2D eigenvalue weighted by atomic mass is 9.73. The molecule has 6 nitrogen and oxygen atoms in total. The molecule has 0 bridgehead atoms. The lowest BCUT2D eigenvalue weighted by Gasteiger charge is -2.33. The van der Waals surface area contributed by atoms with Gasteiger partial charge < -0.3 is 20.2 Å². The summed E-state index contributed by atoms with van der Waals surface area (Å²) in [6.07, 6.45) is 5.63. The van der Waals surface area contributed by atoms with Crippen LogP contribution in [0.1, 0.15) is 39.0 Å². The average molecular weight is 311 g/mol. The first kappa shape index (κ1) is 17.0. The monoisotopic (exact) mass is 311 g/mol. The summed E-state index contributed by atoms with van der Waals surface area (Å²) in [5.41, 5.74) is 0.964. The summed E-state index contributed by atoms with van der Waals surface area (Å²) < 4.78 is 0. The SMILES string of the molecule is CCC(O)C=CC1C[C@@H]2C(=NOCCCC(=O)O)C[C@H]2C1O. The van der Waals surface area contributed by atoms with Crippen molar-refractivity contribution in [2.75, 3.05) is 6.61 Å². The van der Waals surface area contributed by atoms with E-state index < -0.39 is 12.1 Å². The molecule has 5 atom stereocenters. The van der Waals surface area contributed by atoms with Gasteiger partial charge in [0.1, 0.15) is 6.61 Å². The third kappa shape index (κ3) is 4.08. The summed E-state index contributed by atoms with van der Waals surface area (Å²) in [4.78, 5) is 15.5. The van der Waals surface area contributed by atoms with E-state index in [1.54, 1.807) is 6.08 Å². The molecule has 2 aliphatic carbocycles. The second-order valence-corrected chi connectivity index (χ2v) is 6.14. The minimum Gasteiger partial charge on any atom is -0.481 e. The Balaban J connectivity index is 1.77. The van der Waals surface area contributed by atoms with E-state index >= 15 is 0 Å². The zero-order valence-corrected chi connectivity index (χ0v) is 12.9. The lowest BCUT2D eigenvalue weighted by Crippen LogP contribution is -2.38. The van der Waals surface area contributed by atoms with Crippen LogP contribution in [0.5, 0.6) is 0 Å². The van der Waals surface area contributed by atoms with E-state index in [1.807, 2.05) is 13.0 Å². The number of carboxylic acids is 1. The number of aliphatic hydroxyl groups excluding tert-OH is 2. The number of rotatable bonds is 8. The van der Waals surface area contributed by atoms with Gasteiger partial charge in [0.05, 0.1) is 17.9 Å². The van der Waals surface area contributed by atoms with E-state index in [4.69, 9.17) is 9.94 Å². The molecule has 0 saturated heterocycles. The summed E-state index contributed by atoms with van der Waals surface area (Å²) in [7, 11) is 0. The van der Waals surface area contributed by atoms with Crippen molar-refractivity contribution in [3.05, 3.63) is 12.2 Å². The highest BCUT2D eigenvalue weighted by Gasteiger charge is 2.51. The highest BCUT2D eigenvalue weighted by atomic mass is 16.6. The number of hydrogen-bond acceptors (Lipinski definition) is 5.